The van der Waals surface area contributed by atoms with Crippen molar-refractivity contribution in [3.05, 3.63) is 12.2 Å². The topological polar surface area (TPSA) is 46.3 Å². The fourth-order valence-corrected chi connectivity index (χ4v) is 2.73. The van der Waals surface area contributed by atoms with Crippen molar-refractivity contribution < 1.29 is 4.79 Å². The lowest BCUT2D eigenvalue weighted by Crippen LogP contribution is -2.52. The summed E-state index contributed by atoms with van der Waals surface area (Å²) in [5.41, 5.74) is 5.46. The maximum Gasteiger partial charge on any atom is 0.234 e. The van der Waals surface area contributed by atoms with Gasteiger partial charge in [0.15, 0.2) is 0 Å². The minimum Gasteiger partial charge on any atom is -0.368 e. The van der Waals surface area contributed by atoms with Gasteiger partial charge in [0.2, 0.25) is 5.91 Å². The summed E-state index contributed by atoms with van der Waals surface area (Å²) in [6.45, 7) is 1.03. The molecule has 2 atom stereocenters. The number of hydrogen-bond acceptors (Lipinski definition) is 2. The summed E-state index contributed by atoms with van der Waals surface area (Å²) in [4.78, 5) is 13.7. The summed E-state index contributed by atoms with van der Waals surface area (Å²) in [6.07, 6.45) is 11.4. The molecule has 1 heterocycles. The normalized spacial score (nSPS) is 32.8. The molecule has 0 spiro atoms. The zero-order chi connectivity index (χ0) is 10.7. The maximum atomic E-state index is 11.4. The van der Waals surface area contributed by atoms with Gasteiger partial charge in [0.05, 0.1) is 6.04 Å². The van der Waals surface area contributed by atoms with Crippen LogP contribution in [-0.4, -0.2) is 29.4 Å². The standard InChI is InChI=1S/C12H20N2O/c13-12(15)11-8-4-5-9-14(11)10-6-2-1-3-7-10/h2,6,10-11H,1,3-5,7-9H2,(H2,13,15)/t10-,11-/m1/s1. The third-order valence-corrected chi connectivity index (χ3v) is 3.53. The zero-order valence-corrected chi connectivity index (χ0v) is 9.19. The van der Waals surface area contributed by atoms with Gasteiger partial charge < -0.3 is 5.73 Å². The first kappa shape index (κ1) is 10.7. The molecular formula is C12H20N2O. The van der Waals surface area contributed by atoms with Crippen molar-refractivity contribution in [1.82, 2.24) is 4.90 Å². The second kappa shape index (κ2) is 4.79. The average Bonchev–Trinajstić information content (AvgIpc) is 2.30. The van der Waals surface area contributed by atoms with Crippen molar-refractivity contribution in [3.63, 3.8) is 0 Å². The van der Waals surface area contributed by atoms with Gasteiger partial charge in [-0.1, -0.05) is 18.6 Å². The van der Waals surface area contributed by atoms with E-state index in [1.165, 1.54) is 25.7 Å². The fourth-order valence-electron chi connectivity index (χ4n) is 2.73. The lowest BCUT2D eigenvalue weighted by molar-refractivity contribution is -0.125. The highest BCUT2D eigenvalue weighted by atomic mass is 16.1. The monoisotopic (exact) mass is 208 g/mol. The number of likely N-dealkylation sites (tertiary alicyclic amines) is 1. The van der Waals surface area contributed by atoms with Crippen LogP contribution in [0.2, 0.25) is 0 Å². The number of hydrogen-bond donors (Lipinski definition) is 1. The number of carbonyl (C=O) groups is 1. The van der Waals surface area contributed by atoms with Gasteiger partial charge >= 0.3 is 0 Å². The molecule has 2 rings (SSSR count). The number of nitrogens with two attached hydrogens (primary N) is 1. The van der Waals surface area contributed by atoms with Crippen LogP contribution in [0.1, 0.15) is 38.5 Å². The van der Waals surface area contributed by atoms with E-state index in [0.717, 1.165) is 19.4 Å². The molecule has 0 radical (unpaired) electrons. The van der Waals surface area contributed by atoms with Crippen LogP contribution in [0.4, 0.5) is 0 Å². The molecule has 0 saturated carbocycles. The Morgan fingerprint density at radius 3 is 2.80 bits per heavy atom. The van der Waals surface area contributed by atoms with Crippen LogP contribution in [0.5, 0.6) is 0 Å². The maximum absolute atomic E-state index is 11.4. The van der Waals surface area contributed by atoms with E-state index in [1.807, 2.05) is 0 Å². The lowest BCUT2D eigenvalue weighted by Gasteiger charge is -2.39. The van der Waals surface area contributed by atoms with Gasteiger partial charge in [-0.15, -0.1) is 0 Å². The molecule has 0 bridgehead atoms. The van der Waals surface area contributed by atoms with Gasteiger partial charge in [-0.05, 0) is 38.6 Å². The minimum atomic E-state index is -0.145. The second-order valence-corrected chi connectivity index (χ2v) is 4.58. The molecule has 0 aromatic heterocycles. The Morgan fingerprint density at radius 2 is 2.13 bits per heavy atom. The largest absolute Gasteiger partial charge is 0.368 e. The summed E-state index contributed by atoms with van der Waals surface area (Å²) in [7, 11) is 0. The van der Waals surface area contributed by atoms with E-state index in [0.29, 0.717) is 6.04 Å². The lowest BCUT2D eigenvalue weighted by atomic mass is 9.94. The molecule has 0 aromatic rings. The molecule has 2 aliphatic rings. The Morgan fingerprint density at radius 1 is 1.27 bits per heavy atom. The summed E-state index contributed by atoms with van der Waals surface area (Å²) >= 11 is 0. The summed E-state index contributed by atoms with van der Waals surface area (Å²) < 4.78 is 0. The highest BCUT2D eigenvalue weighted by Crippen LogP contribution is 2.24. The van der Waals surface area contributed by atoms with Gasteiger partial charge in [0.1, 0.15) is 0 Å². The van der Waals surface area contributed by atoms with Crippen molar-refractivity contribution in [2.75, 3.05) is 6.54 Å². The van der Waals surface area contributed by atoms with Crippen molar-refractivity contribution in [2.24, 2.45) is 5.73 Å². The number of nitrogens with zero attached hydrogens (tertiary/aromatic N) is 1. The number of carbonyl (C=O) groups excluding carboxylic acids is 1. The first-order chi connectivity index (χ1) is 7.29. The van der Waals surface area contributed by atoms with Crippen LogP contribution in [0.3, 0.4) is 0 Å². The Hall–Kier alpha value is -0.830. The molecule has 3 heteroatoms. The zero-order valence-electron chi connectivity index (χ0n) is 9.19. The SMILES string of the molecule is NC(=O)[C@H]1CCCCN1[C@@H]1C=CCCC1. The quantitative estimate of drug-likeness (QED) is 0.698. The van der Waals surface area contributed by atoms with E-state index < -0.39 is 0 Å². The van der Waals surface area contributed by atoms with Gasteiger partial charge in [-0.2, -0.15) is 0 Å². The van der Waals surface area contributed by atoms with Gasteiger partial charge in [-0.3, -0.25) is 9.69 Å². The van der Waals surface area contributed by atoms with E-state index in [9.17, 15) is 4.79 Å². The van der Waals surface area contributed by atoms with Gasteiger partial charge in [0, 0.05) is 6.04 Å². The smallest absolute Gasteiger partial charge is 0.234 e. The van der Waals surface area contributed by atoms with Crippen LogP contribution < -0.4 is 5.73 Å². The molecule has 1 aliphatic heterocycles. The predicted molar refractivity (Wildman–Crippen MR) is 60.3 cm³/mol. The second-order valence-electron chi connectivity index (χ2n) is 4.58. The first-order valence-corrected chi connectivity index (χ1v) is 6.01. The van der Waals surface area contributed by atoms with Crippen molar-refractivity contribution in [2.45, 2.75) is 50.6 Å². The van der Waals surface area contributed by atoms with E-state index in [2.05, 4.69) is 17.1 Å². The number of amides is 1. The highest BCUT2D eigenvalue weighted by Gasteiger charge is 2.31. The summed E-state index contributed by atoms with van der Waals surface area (Å²) in [6, 6.07) is 0.433. The Balaban J connectivity index is 2.06. The Labute approximate surface area is 91.3 Å². The number of piperidine rings is 1. The molecule has 1 saturated heterocycles. The predicted octanol–water partition coefficient (Wildman–Crippen LogP) is 1.43. The number of primary amides is 1. The molecule has 0 unspecified atom stereocenters. The number of allylic oxidation sites excluding steroid dienone is 1. The van der Waals surface area contributed by atoms with Crippen LogP contribution in [0.15, 0.2) is 12.2 Å². The van der Waals surface area contributed by atoms with Crippen molar-refractivity contribution >= 4 is 5.91 Å². The molecule has 3 nitrogen and oxygen atoms in total. The molecule has 0 aromatic carbocycles. The molecule has 2 N–H and O–H groups in total. The van der Waals surface area contributed by atoms with E-state index >= 15 is 0 Å². The van der Waals surface area contributed by atoms with Crippen LogP contribution in [-0.2, 0) is 4.79 Å². The summed E-state index contributed by atoms with van der Waals surface area (Å²) in [5, 5.41) is 0. The van der Waals surface area contributed by atoms with Gasteiger partial charge in [-0.25, -0.2) is 0 Å². The van der Waals surface area contributed by atoms with E-state index in [1.54, 1.807) is 0 Å². The number of rotatable bonds is 2. The van der Waals surface area contributed by atoms with Crippen LogP contribution in [0, 0.1) is 0 Å². The third-order valence-electron chi connectivity index (χ3n) is 3.53. The van der Waals surface area contributed by atoms with Crippen LogP contribution in [0.25, 0.3) is 0 Å². The van der Waals surface area contributed by atoms with E-state index in [-0.39, 0.29) is 11.9 Å². The average molecular weight is 208 g/mol. The molecule has 1 fully saturated rings. The van der Waals surface area contributed by atoms with Crippen molar-refractivity contribution in [3.8, 4) is 0 Å². The van der Waals surface area contributed by atoms with Gasteiger partial charge in [0.25, 0.3) is 0 Å². The van der Waals surface area contributed by atoms with Crippen LogP contribution >= 0.6 is 0 Å². The molecule has 84 valence electrons. The van der Waals surface area contributed by atoms with E-state index in [4.69, 9.17) is 5.73 Å². The Bertz CT molecular complexity index is 262. The minimum absolute atomic E-state index is 0.0218. The Kier molecular flexibility index (Phi) is 3.41. The molecular weight excluding hydrogens is 188 g/mol. The third kappa shape index (κ3) is 2.40. The van der Waals surface area contributed by atoms with Crippen molar-refractivity contribution in [1.29, 1.82) is 0 Å². The first-order valence-electron chi connectivity index (χ1n) is 6.01. The highest BCUT2D eigenvalue weighted by molar-refractivity contribution is 5.80. The molecule has 1 aliphatic carbocycles. The molecule has 15 heavy (non-hydrogen) atoms. The molecule has 1 amide bonds. The summed E-state index contributed by atoms with van der Waals surface area (Å²) in [5.74, 6) is -0.145. The fraction of sp³-hybridized carbons (Fsp3) is 0.750.